The van der Waals surface area contributed by atoms with E-state index in [1.54, 1.807) is 13.2 Å². The largest absolute Gasteiger partial charge is 0.497 e. The van der Waals surface area contributed by atoms with Crippen LogP contribution in [0, 0.1) is 0 Å². The second kappa shape index (κ2) is 11.3. The first-order valence-corrected chi connectivity index (χ1v) is 10.6. The van der Waals surface area contributed by atoms with Crippen LogP contribution in [0.2, 0.25) is 0 Å². The average molecular weight is 435 g/mol. The molecule has 30 heavy (non-hydrogen) atoms. The van der Waals surface area contributed by atoms with Crippen LogP contribution in [0.1, 0.15) is 12.0 Å². The molecule has 0 bridgehead atoms. The van der Waals surface area contributed by atoms with E-state index in [1.807, 2.05) is 23.1 Å². The quantitative estimate of drug-likeness (QED) is 0.397. The summed E-state index contributed by atoms with van der Waals surface area (Å²) in [5.41, 5.74) is 1.15. The summed E-state index contributed by atoms with van der Waals surface area (Å²) in [6, 6.07) is 7.43. The number of aliphatic hydroxyl groups is 1. The topological polar surface area (TPSA) is 90.1 Å². The van der Waals surface area contributed by atoms with Gasteiger partial charge in [-0.3, -0.25) is 9.69 Å². The molecule has 1 aliphatic heterocycles. The van der Waals surface area contributed by atoms with Gasteiger partial charge in [-0.1, -0.05) is 0 Å². The Balaban J connectivity index is 1.59. The van der Waals surface area contributed by atoms with Gasteiger partial charge in [0.2, 0.25) is 0 Å². The van der Waals surface area contributed by atoms with Crippen molar-refractivity contribution in [2.75, 3.05) is 59.7 Å². The standard InChI is InChI=1S/C21H30N4O4S/c1-28-18-4-3-16-13-17(20(27)23-19(16)14-18)15-25(7-10-26)21(30)22-5-2-6-24-8-11-29-12-9-24/h3-4,13-14,26H,2,5-12,15H2,1H3,(H,22,30)(H,23,27). The predicted octanol–water partition coefficient (Wildman–Crippen LogP) is 0.928. The van der Waals surface area contributed by atoms with Gasteiger partial charge < -0.3 is 29.8 Å². The van der Waals surface area contributed by atoms with Crippen LogP contribution in [-0.4, -0.2) is 84.7 Å². The Morgan fingerprint density at radius 3 is 2.90 bits per heavy atom. The lowest BCUT2D eigenvalue weighted by Gasteiger charge is -2.27. The van der Waals surface area contributed by atoms with Crippen LogP contribution in [0.5, 0.6) is 5.75 Å². The molecule has 1 saturated heterocycles. The fourth-order valence-corrected chi connectivity index (χ4v) is 3.74. The minimum atomic E-state index is -0.172. The number of methoxy groups -OCH3 is 1. The number of nitrogens with zero attached hydrogens (tertiary/aromatic N) is 2. The molecule has 0 saturated carbocycles. The normalized spacial score (nSPS) is 14.6. The van der Waals surface area contributed by atoms with Crippen LogP contribution in [-0.2, 0) is 11.3 Å². The first-order valence-electron chi connectivity index (χ1n) is 10.2. The highest BCUT2D eigenvalue weighted by Gasteiger charge is 2.14. The molecular formula is C21H30N4O4S. The van der Waals surface area contributed by atoms with Crippen molar-refractivity contribution in [2.45, 2.75) is 13.0 Å². The molecule has 2 heterocycles. The fraction of sp³-hybridized carbons (Fsp3) is 0.524. The maximum atomic E-state index is 12.6. The number of nitrogens with one attached hydrogen (secondary N) is 2. The van der Waals surface area contributed by atoms with Gasteiger partial charge in [0.25, 0.3) is 5.56 Å². The van der Waals surface area contributed by atoms with E-state index >= 15 is 0 Å². The molecular weight excluding hydrogens is 404 g/mol. The summed E-state index contributed by atoms with van der Waals surface area (Å²) in [6.45, 7) is 5.90. The van der Waals surface area contributed by atoms with E-state index in [0.29, 0.717) is 29.5 Å². The van der Waals surface area contributed by atoms with Gasteiger partial charge >= 0.3 is 0 Å². The number of pyridine rings is 1. The molecule has 1 fully saturated rings. The third-order valence-electron chi connectivity index (χ3n) is 5.18. The molecule has 8 nitrogen and oxygen atoms in total. The lowest BCUT2D eigenvalue weighted by molar-refractivity contribution is 0.0376. The summed E-state index contributed by atoms with van der Waals surface area (Å²) in [4.78, 5) is 19.7. The molecule has 2 aromatic rings. The van der Waals surface area contributed by atoms with Crippen molar-refractivity contribution in [3.63, 3.8) is 0 Å². The average Bonchev–Trinajstić information content (AvgIpc) is 2.77. The molecule has 3 rings (SSSR count). The third-order valence-corrected chi connectivity index (χ3v) is 5.58. The fourth-order valence-electron chi connectivity index (χ4n) is 3.48. The second-order valence-corrected chi connectivity index (χ2v) is 7.65. The number of fused-ring (bicyclic) bond motifs is 1. The lowest BCUT2D eigenvalue weighted by Crippen LogP contribution is -2.43. The molecule has 0 unspecified atom stereocenters. The van der Waals surface area contributed by atoms with E-state index in [1.165, 1.54) is 0 Å². The number of aliphatic hydroxyl groups excluding tert-OH is 1. The predicted molar refractivity (Wildman–Crippen MR) is 121 cm³/mol. The molecule has 0 amide bonds. The number of rotatable bonds is 9. The van der Waals surface area contributed by atoms with Crippen molar-refractivity contribution < 1.29 is 14.6 Å². The summed E-state index contributed by atoms with van der Waals surface area (Å²) in [7, 11) is 1.59. The van der Waals surface area contributed by atoms with Gasteiger partial charge in [0.05, 0.1) is 39.0 Å². The highest BCUT2D eigenvalue weighted by Crippen LogP contribution is 2.19. The zero-order valence-electron chi connectivity index (χ0n) is 17.4. The Morgan fingerprint density at radius 1 is 1.37 bits per heavy atom. The summed E-state index contributed by atoms with van der Waals surface area (Å²) < 4.78 is 10.6. The zero-order chi connectivity index (χ0) is 21.3. The number of H-pyrrole nitrogens is 1. The zero-order valence-corrected chi connectivity index (χ0v) is 18.2. The van der Waals surface area contributed by atoms with E-state index in [-0.39, 0.29) is 12.2 Å². The Kier molecular flexibility index (Phi) is 8.44. The monoisotopic (exact) mass is 434 g/mol. The van der Waals surface area contributed by atoms with Crippen molar-refractivity contribution in [3.8, 4) is 5.75 Å². The van der Waals surface area contributed by atoms with Gasteiger partial charge in [-0.25, -0.2) is 0 Å². The number of benzene rings is 1. The molecule has 0 atom stereocenters. The van der Waals surface area contributed by atoms with Crippen LogP contribution in [0.4, 0.5) is 0 Å². The maximum absolute atomic E-state index is 12.6. The van der Waals surface area contributed by atoms with Crippen molar-refractivity contribution in [3.05, 3.63) is 40.2 Å². The molecule has 0 spiro atoms. The number of hydrogen-bond donors (Lipinski definition) is 3. The Morgan fingerprint density at radius 2 is 2.17 bits per heavy atom. The maximum Gasteiger partial charge on any atom is 0.253 e. The summed E-state index contributed by atoms with van der Waals surface area (Å²) >= 11 is 5.52. The van der Waals surface area contributed by atoms with Gasteiger partial charge in [-0.05, 0) is 48.8 Å². The molecule has 164 valence electrons. The van der Waals surface area contributed by atoms with Crippen LogP contribution >= 0.6 is 12.2 Å². The molecule has 0 radical (unpaired) electrons. The molecule has 1 aromatic carbocycles. The van der Waals surface area contributed by atoms with Crippen molar-refractivity contribution in [1.29, 1.82) is 0 Å². The van der Waals surface area contributed by atoms with Crippen molar-refractivity contribution in [1.82, 2.24) is 20.1 Å². The van der Waals surface area contributed by atoms with Crippen molar-refractivity contribution in [2.24, 2.45) is 0 Å². The summed E-state index contributed by atoms with van der Waals surface area (Å²) in [5.74, 6) is 0.690. The first kappa shape index (κ1) is 22.5. The smallest absolute Gasteiger partial charge is 0.253 e. The van der Waals surface area contributed by atoms with Gasteiger partial charge in [0.1, 0.15) is 5.75 Å². The van der Waals surface area contributed by atoms with Crippen molar-refractivity contribution >= 4 is 28.2 Å². The van der Waals surface area contributed by atoms with E-state index < -0.39 is 0 Å². The van der Waals surface area contributed by atoms with Gasteiger partial charge in [0, 0.05) is 37.8 Å². The number of aromatic nitrogens is 1. The van der Waals surface area contributed by atoms with Crippen LogP contribution in [0.15, 0.2) is 29.1 Å². The number of aromatic amines is 1. The molecule has 9 heteroatoms. The first-order chi connectivity index (χ1) is 14.6. The van der Waals surface area contributed by atoms with Gasteiger partial charge in [0.15, 0.2) is 5.11 Å². The van der Waals surface area contributed by atoms with E-state index in [2.05, 4.69) is 15.2 Å². The van der Waals surface area contributed by atoms with Gasteiger partial charge in [-0.15, -0.1) is 0 Å². The number of thiocarbonyl (C=S) groups is 1. The SMILES string of the molecule is COc1ccc2cc(CN(CCO)C(=S)NCCCN3CCOCC3)c(=O)[nH]c2c1. The Bertz CT molecular complexity index is 898. The van der Waals surface area contributed by atoms with Crippen LogP contribution in [0.25, 0.3) is 10.9 Å². The van der Waals surface area contributed by atoms with E-state index in [0.717, 1.165) is 56.7 Å². The molecule has 0 aliphatic carbocycles. The molecule has 1 aliphatic rings. The Labute approximate surface area is 181 Å². The highest BCUT2D eigenvalue weighted by atomic mass is 32.1. The van der Waals surface area contributed by atoms with Gasteiger partial charge in [-0.2, -0.15) is 0 Å². The summed E-state index contributed by atoms with van der Waals surface area (Å²) in [6.07, 6.45) is 0.964. The molecule has 3 N–H and O–H groups in total. The number of ether oxygens (including phenoxy) is 2. The minimum Gasteiger partial charge on any atom is -0.497 e. The number of morpholine rings is 1. The number of hydrogen-bond acceptors (Lipinski definition) is 6. The van der Waals surface area contributed by atoms with E-state index in [4.69, 9.17) is 21.7 Å². The second-order valence-electron chi connectivity index (χ2n) is 7.26. The minimum absolute atomic E-state index is 0.0434. The Hall–Kier alpha value is -2.20. The van der Waals surface area contributed by atoms with Crippen LogP contribution in [0.3, 0.4) is 0 Å². The third kappa shape index (κ3) is 6.15. The highest BCUT2D eigenvalue weighted by molar-refractivity contribution is 7.80. The van der Waals surface area contributed by atoms with Crippen LogP contribution < -0.4 is 15.6 Å². The van der Waals surface area contributed by atoms with E-state index in [9.17, 15) is 9.90 Å². The molecule has 1 aromatic heterocycles. The summed E-state index contributed by atoms with van der Waals surface area (Å²) in [5, 5.41) is 14.2. The lowest BCUT2D eigenvalue weighted by atomic mass is 10.1.